The highest BCUT2D eigenvalue weighted by Crippen LogP contribution is 2.37. The Balaban J connectivity index is 2.01. The van der Waals surface area contributed by atoms with Crippen molar-refractivity contribution in [2.45, 2.75) is 0 Å². The van der Waals surface area contributed by atoms with Crippen LogP contribution in [-0.4, -0.2) is 17.1 Å². The molecule has 0 aliphatic rings. The Morgan fingerprint density at radius 1 is 0.538 bits per heavy atom. The predicted molar refractivity (Wildman–Crippen MR) is 105 cm³/mol. The van der Waals surface area contributed by atoms with Crippen LogP contribution in [0.25, 0.3) is 33.9 Å². The maximum atomic E-state index is 5.75. The molecule has 4 aromatic rings. The Hall–Kier alpha value is -3.46. The number of aromatic nitrogens is 2. The maximum absolute atomic E-state index is 5.75. The summed E-state index contributed by atoms with van der Waals surface area (Å²) in [5.74, 6) is 1.37. The van der Waals surface area contributed by atoms with E-state index in [-0.39, 0.29) is 0 Å². The summed E-state index contributed by atoms with van der Waals surface area (Å²) in [6.45, 7) is 0. The standard InChI is InChI=1S/C23H18N2O/c1-26-22-20(17-11-5-2-6-12-17)24-23(19-15-9-4-10-16-19)25-21(22)18-13-7-3-8-14-18/h2-16H,1H3. The third kappa shape index (κ3) is 3.07. The molecule has 1 aromatic heterocycles. The summed E-state index contributed by atoms with van der Waals surface area (Å²) in [6, 6.07) is 30.2. The van der Waals surface area contributed by atoms with Crippen molar-refractivity contribution in [3.05, 3.63) is 91.0 Å². The molecule has 0 spiro atoms. The molecule has 0 radical (unpaired) electrons. The number of benzene rings is 3. The van der Waals surface area contributed by atoms with Crippen molar-refractivity contribution in [3.8, 4) is 39.7 Å². The molecule has 0 saturated heterocycles. The van der Waals surface area contributed by atoms with Crippen molar-refractivity contribution in [3.63, 3.8) is 0 Å². The van der Waals surface area contributed by atoms with Gasteiger partial charge in [0.2, 0.25) is 0 Å². The number of ether oxygens (including phenoxy) is 1. The van der Waals surface area contributed by atoms with Crippen LogP contribution < -0.4 is 4.74 Å². The van der Waals surface area contributed by atoms with Crippen molar-refractivity contribution in [2.24, 2.45) is 0 Å². The fourth-order valence-corrected chi connectivity index (χ4v) is 2.94. The van der Waals surface area contributed by atoms with E-state index in [2.05, 4.69) is 0 Å². The molecule has 0 fully saturated rings. The van der Waals surface area contributed by atoms with Gasteiger partial charge in [0.15, 0.2) is 11.6 Å². The van der Waals surface area contributed by atoms with Crippen LogP contribution in [0.3, 0.4) is 0 Å². The fourth-order valence-electron chi connectivity index (χ4n) is 2.94. The molecule has 0 unspecified atom stereocenters. The van der Waals surface area contributed by atoms with Gasteiger partial charge in [-0.05, 0) is 0 Å². The highest BCUT2D eigenvalue weighted by molar-refractivity contribution is 5.79. The van der Waals surface area contributed by atoms with Gasteiger partial charge in [0, 0.05) is 16.7 Å². The van der Waals surface area contributed by atoms with Gasteiger partial charge in [-0.3, -0.25) is 0 Å². The fraction of sp³-hybridized carbons (Fsp3) is 0.0435. The van der Waals surface area contributed by atoms with Crippen molar-refractivity contribution in [1.82, 2.24) is 9.97 Å². The Kier molecular flexibility index (Phi) is 4.44. The first-order valence-corrected chi connectivity index (χ1v) is 8.49. The summed E-state index contributed by atoms with van der Waals surface area (Å²) >= 11 is 0. The average molecular weight is 338 g/mol. The molecule has 3 heteroatoms. The van der Waals surface area contributed by atoms with E-state index in [1.54, 1.807) is 7.11 Å². The van der Waals surface area contributed by atoms with Gasteiger partial charge >= 0.3 is 0 Å². The lowest BCUT2D eigenvalue weighted by molar-refractivity contribution is 0.415. The van der Waals surface area contributed by atoms with Crippen LogP contribution in [0.15, 0.2) is 91.0 Å². The van der Waals surface area contributed by atoms with Crippen LogP contribution in [0.4, 0.5) is 0 Å². The van der Waals surface area contributed by atoms with E-state index >= 15 is 0 Å². The van der Waals surface area contributed by atoms with Gasteiger partial charge in [0.05, 0.1) is 7.11 Å². The normalized spacial score (nSPS) is 10.5. The van der Waals surface area contributed by atoms with Gasteiger partial charge in [-0.15, -0.1) is 0 Å². The van der Waals surface area contributed by atoms with Gasteiger partial charge in [0.25, 0.3) is 0 Å². The van der Waals surface area contributed by atoms with Crippen LogP contribution in [0.2, 0.25) is 0 Å². The third-order valence-electron chi connectivity index (χ3n) is 4.20. The summed E-state index contributed by atoms with van der Waals surface area (Å²) in [4.78, 5) is 9.67. The predicted octanol–water partition coefficient (Wildman–Crippen LogP) is 5.49. The van der Waals surface area contributed by atoms with Crippen LogP contribution in [-0.2, 0) is 0 Å². The zero-order valence-corrected chi connectivity index (χ0v) is 14.5. The Morgan fingerprint density at radius 3 is 1.31 bits per heavy atom. The second kappa shape index (κ2) is 7.19. The maximum Gasteiger partial charge on any atom is 0.171 e. The molecule has 126 valence electrons. The topological polar surface area (TPSA) is 35.0 Å². The smallest absolute Gasteiger partial charge is 0.171 e. The zero-order chi connectivity index (χ0) is 17.8. The summed E-state index contributed by atoms with van der Waals surface area (Å²) in [7, 11) is 1.67. The average Bonchev–Trinajstić information content (AvgIpc) is 2.74. The van der Waals surface area contributed by atoms with Crippen molar-refractivity contribution >= 4 is 0 Å². The minimum atomic E-state index is 0.682. The largest absolute Gasteiger partial charge is 0.492 e. The van der Waals surface area contributed by atoms with Crippen molar-refractivity contribution in [1.29, 1.82) is 0 Å². The number of nitrogens with zero attached hydrogens (tertiary/aromatic N) is 2. The van der Waals surface area contributed by atoms with Gasteiger partial charge < -0.3 is 4.74 Å². The zero-order valence-electron chi connectivity index (χ0n) is 14.5. The van der Waals surface area contributed by atoms with Gasteiger partial charge in [-0.25, -0.2) is 9.97 Å². The molecular formula is C23H18N2O. The number of methoxy groups -OCH3 is 1. The molecule has 0 aliphatic heterocycles. The van der Waals surface area contributed by atoms with Gasteiger partial charge in [-0.1, -0.05) is 91.0 Å². The van der Waals surface area contributed by atoms with Crippen molar-refractivity contribution < 1.29 is 4.74 Å². The summed E-state index contributed by atoms with van der Waals surface area (Å²) in [6.07, 6.45) is 0. The van der Waals surface area contributed by atoms with Crippen LogP contribution >= 0.6 is 0 Å². The van der Waals surface area contributed by atoms with Gasteiger partial charge in [-0.2, -0.15) is 0 Å². The summed E-state index contributed by atoms with van der Waals surface area (Å²) in [5.41, 5.74) is 4.56. The minimum absolute atomic E-state index is 0.682. The van der Waals surface area contributed by atoms with Gasteiger partial charge in [0.1, 0.15) is 11.4 Å². The second-order valence-electron chi connectivity index (χ2n) is 5.88. The highest BCUT2D eigenvalue weighted by atomic mass is 16.5. The molecule has 3 nitrogen and oxygen atoms in total. The van der Waals surface area contributed by atoms with E-state index in [0.29, 0.717) is 11.6 Å². The second-order valence-corrected chi connectivity index (χ2v) is 5.88. The molecule has 26 heavy (non-hydrogen) atoms. The van der Waals surface area contributed by atoms with E-state index in [1.165, 1.54) is 0 Å². The van der Waals surface area contributed by atoms with E-state index < -0.39 is 0 Å². The molecule has 0 bridgehead atoms. The van der Waals surface area contributed by atoms with Crippen LogP contribution in [0.5, 0.6) is 5.75 Å². The lowest BCUT2D eigenvalue weighted by atomic mass is 10.0. The number of hydrogen-bond acceptors (Lipinski definition) is 3. The first kappa shape index (κ1) is 16.0. The van der Waals surface area contributed by atoms with Crippen molar-refractivity contribution in [2.75, 3.05) is 7.11 Å². The molecule has 3 aromatic carbocycles. The number of hydrogen-bond donors (Lipinski definition) is 0. The quantitative estimate of drug-likeness (QED) is 0.494. The van der Waals surface area contributed by atoms with E-state index in [0.717, 1.165) is 28.1 Å². The molecule has 0 saturated carbocycles. The summed E-state index contributed by atoms with van der Waals surface area (Å²) in [5, 5.41) is 0. The molecule has 0 atom stereocenters. The monoisotopic (exact) mass is 338 g/mol. The SMILES string of the molecule is COc1c(-c2ccccc2)nc(-c2ccccc2)nc1-c1ccccc1. The molecule has 0 amide bonds. The Morgan fingerprint density at radius 2 is 0.923 bits per heavy atom. The lowest BCUT2D eigenvalue weighted by Gasteiger charge is -2.15. The highest BCUT2D eigenvalue weighted by Gasteiger charge is 2.18. The Bertz CT molecular complexity index is 940. The number of rotatable bonds is 4. The van der Waals surface area contributed by atoms with E-state index in [4.69, 9.17) is 14.7 Å². The van der Waals surface area contributed by atoms with E-state index in [9.17, 15) is 0 Å². The first-order valence-electron chi connectivity index (χ1n) is 8.49. The third-order valence-corrected chi connectivity index (χ3v) is 4.20. The Labute approximate surface area is 153 Å². The lowest BCUT2D eigenvalue weighted by Crippen LogP contribution is -2.01. The molecule has 0 aliphatic carbocycles. The van der Waals surface area contributed by atoms with E-state index in [1.807, 2.05) is 91.0 Å². The molecular weight excluding hydrogens is 320 g/mol. The minimum Gasteiger partial charge on any atom is -0.492 e. The molecule has 1 heterocycles. The summed E-state index contributed by atoms with van der Waals surface area (Å²) < 4.78 is 5.75. The first-order chi connectivity index (χ1) is 12.9. The van der Waals surface area contributed by atoms with Crippen LogP contribution in [0.1, 0.15) is 0 Å². The molecule has 0 N–H and O–H groups in total. The van der Waals surface area contributed by atoms with Crippen LogP contribution in [0, 0.1) is 0 Å². The molecule has 4 rings (SSSR count).